The van der Waals surface area contributed by atoms with E-state index in [4.69, 9.17) is 4.98 Å². The number of rotatable bonds is 6. The highest BCUT2D eigenvalue weighted by molar-refractivity contribution is 14.1. The summed E-state index contributed by atoms with van der Waals surface area (Å²) in [5.74, 6) is -0.327. The van der Waals surface area contributed by atoms with Crippen LogP contribution in [0.2, 0.25) is 0 Å². The number of hydrogen-bond donors (Lipinski definition) is 2. The Kier molecular flexibility index (Phi) is 6.27. The SMILES string of the molecule is CNC(=O)c1c(-c2ccc(I)cc2)nc2sc(-c3cc(C(=O)NC4(c5ccccn5)CC4)ccc3C)cn12. The molecule has 0 bridgehead atoms. The molecule has 3 aromatic heterocycles. The number of pyridine rings is 1. The topological polar surface area (TPSA) is 88.4 Å². The molecule has 0 radical (unpaired) electrons. The van der Waals surface area contributed by atoms with Crippen molar-refractivity contribution in [3.63, 3.8) is 0 Å². The fourth-order valence-corrected chi connectivity index (χ4v) is 6.07. The summed E-state index contributed by atoms with van der Waals surface area (Å²) in [4.78, 5) is 37.2. The third-order valence-corrected chi connectivity index (χ3v) is 8.64. The zero-order chi connectivity index (χ0) is 26.4. The number of amides is 2. The lowest BCUT2D eigenvalue weighted by Crippen LogP contribution is -2.35. The summed E-state index contributed by atoms with van der Waals surface area (Å²) in [5, 5.41) is 5.96. The van der Waals surface area contributed by atoms with Crippen molar-refractivity contribution in [2.24, 2.45) is 0 Å². The summed E-state index contributed by atoms with van der Waals surface area (Å²) in [5.41, 5.74) is 5.10. The number of hydrogen-bond acceptors (Lipinski definition) is 5. The van der Waals surface area contributed by atoms with Crippen LogP contribution in [0, 0.1) is 10.5 Å². The number of thiazole rings is 1. The Labute approximate surface area is 237 Å². The number of fused-ring (bicyclic) bond motifs is 1. The van der Waals surface area contributed by atoms with Crippen molar-refractivity contribution in [3.05, 3.63) is 99.1 Å². The molecule has 1 fully saturated rings. The van der Waals surface area contributed by atoms with Gasteiger partial charge in [-0.2, -0.15) is 0 Å². The van der Waals surface area contributed by atoms with Gasteiger partial charge in [-0.1, -0.05) is 35.6 Å². The lowest BCUT2D eigenvalue weighted by Gasteiger charge is -2.17. The van der Waals surface area contributed by atoms with E-state index in [0.29, 0.717) is 21.9 Å². The summed E-state index contributed by atoms with van der Waals surface area (Å²) >= 11 is 3.75. The van der Waals surface area contributed by atoms with Gasteiger partial charge in [0.2, 0.25) is 0 Å². The van der Waals surface area contributed by atoms with Gasteiger partial charge >= 0.3 is 0 Å². The first-order valence-electron chi connectivity index (χ1n) is 12.2. The van der Waals surface area contributed by atoms with Crippen LogP contribution < -0.4 is 10.6 Å². The van der Waals surface area contributed by atoms with Crippen LogP contribution in [0.5, 0.6) is 0 Å². The van der Waals surface area contributed by atoms with E-state index in [1.165, 1.54) is 11.3 Å². The van der Waals surface area contributed by atoms with E-state index < -0.39 is 0 Å². The monoisotopic (exact) mass is 633 g/mol. The average molecular weight is 634 g/mol. The fourth-order valence-electron chi connectivity index (χ4n) is 4.65. The molecule has 2 aromatic carbocycles. The lowest BCUT2D eigenvalue weighted by atomic mass is 10.0. The first kappa shape index (κ1) is 24.7. The van der Waals surface area contributed by atoms with Gasteiger partial charge in [0.25, 0.3) is 11.8 Å². The van der Waals surface area contributed by atoms with E-state index in [9.17, 15) is 9.59 Å². The Morgan fingerprint density at radius 2 is 1.84 bits per heavy atom. The molecular formula is C29H24IN5O2S. The van der Waals surface area contributed by atoms with Crippen molar-refractivity contribution in [1.82, 2.24) is 25.0 Å². The summed E-state index contributed by atoms with van der Waals surface area (Å²) in [6.45, 7) is 2.02. The number of benzene rings is 2. The molecule has 0 unspecified atom stereocenters. The van der Waals surface area contributed by atoms with Crippen molar-refractivity contribution in [3.8, 4) is 21.7 Å². The molecule has 1 aliphatic carbocycles. The van der Waals surface area contributed by atoms with Crippen LogP contribution in [0.3, 0.4) is 0 Å². The van der Waals surface area contributed by atoms with Gasteiger partial charge in [0, 0.05) is 34.1 Å². The zero-order valence-corrected chi connectivity index (χ0v) is 23.8. The lowest BCUT2D eigenvalue weighted by molar-refractivity contribution is 0.0927. The molecule has 0 atom stereocenters. The molecule has 2 amide bonds. The molecule has 1 aliphatic rings. The summed E-state index contributed by atoms with van der Waals surface area (Å²) in [7, 11) is 1.62. The van der Waals surface area contributed by atoms with Crippen LogP contribution in [-0.2, 0) is 5.54 Å². The number of nitrogens with zero attached hydrogens (tertiary/aromatic N) is 3. The maximum absolute atomic E-state index is 13.3. The quantitative estimate of drug-likeness (QED) is 0.231. The number of halogens is 1. The van der Waals surface area contributed by atoms with Gasteiger partial charge in [0.15, 0.2) is 4.96 Å². The minimum Gasteiger partial charge on any atom is -0.354 e. The standard InChI is InChI=1S/C29H24IN5O2S/c1-17-6-7-19(26(36)34-29(12-13-29)23-5-3-4-14-32-23)15-21(17)22-16-35-25(27(37)31-2)24(33-28(35)38-22)18-8-10-20(30)11-9-18/h3-11,14-16H,12-13H2,1-2H3,(H,31,37)(H,34,36). The number of carbonyl (C=O) groups is 2. The highest BCUT2D eigenvalue weighted by Crippen LogP contribution is 2.44. The van der Waals surface area contributed by atoms with Gasteiger partial charge < -0.3 is 10.6 Å². The third kappa shape index (κ3) is 4.39. The summed E-state index contributed by atoms with van der Waals surface area (Å²) in [6, 6.07) is 19.5. The van der Waals surface area contributed by atoms with Gasteiger partial charge in [-0.05, 0) is 89.9 Å². The third-order valence-electron chi connectivity index (χ3n) is 6.91. The van der Waals surface area contributed by atoms with Gasteiger partial charge in [-0.15, -0.1) is 0 Å². The first-order chi connectivity index (χ1) is 18.4. The largest absolute Gasteiger partial charge is 0.354 e. The minimum atomic E-state index is -0.388. The van der Waals surface area contributed by atoms with Crippen LogP contribution >= 0.6 is 33.9 Å². The van der Waals surface area contributed by atoms with E-state index in [2.05, 4.69) is 38.2 Å². The highest BCUT2D eigenvalue weighted by atomic mass is 127. The predicted molar refractivity (Wildman–Crippen MR) is 157 cm³/mol. The molecule has 190 valence electrons. The second-order valence-electron chi connectivity index (χ2n) is 9.42. The summed E-state index contributed by atoms with van der Waals surface area (Å²) < 4.78 is 2.96. The Balaban J connectivity index is 1.36. The molecule has 3 heterocycles. The predicted octanol–water partition coefficient (Wildman–Crippen LogP) is 5.82. The molecule has 7 nitrogen and oxygen atoms in total. The maximum Gasteiger partial charge on any atom is 0.270 e. The number of aryl methyl sites for hydroxylation is 1. The van der Waals surface area contributed by atoms with Gasteiger partial charge in [-0.25, -0.2) is 4.98 Å². The number of aromatic nitrogens is 3. The second kappa shape index (κ2) is 9.63. The van der Waals surface area contributed by atoms with Crippen molar-refractivity contribution < 1.29 is 9.59 Å². The smallest absolute Gasteiger partial charge is 0.270 e. The van der Waals surface area contributed by atoms with E-state index in [1.807, 2.05) is 78.2 Å². The van der Waals surface area contributed by atoms with Crippen LogP contribution in [0.15, 0.2) is 73.1 Å². The first-order valence-corrected chi connectivity index (χ1v) is 14.1. The molecule has 0 aliphatic heterocycles. The van der Waals surface area contributed by atoms with Gasteiger partial charge in [-0.3, -0.25) is 19.0 Å². The molecule has 6 rings (SSSR count). The zero-order valence-electron chi connectivity index (χ0n) is 20.8. The van der Waals surface area contributed by atoms with E-state index >= 15 is 0 Å². The van der Waals surface area contributed by atoms with Crippen LogP contribution in [0.4, 0.5) is 0 Å². The molecule has 2 N–H and O–H groups in total. The Bertz CT molecular complexity index is 1690. The molecule has 5 aromatic rings. The molecule has 1 saturated carbocycles. The van der Waals surface area contributed by atoms with Gasteiger partial charge in [0.05, 0.1) is 16.1 Å². The van der Waals surface area contributed by atoms with Crippen LogP contribution in [0.25, 0.3) is 26.7 Å². The van der Waals surface area contributed by atoms with Gasteiger partial charge in [0.1, 0.15) is 11.4 Å². The van der Waals surface area contributed by atoms with Crippen LogP contribution in [0.1, 0.15) is 44.9 Å². The Morgan fingerprint density at radius 1 is 1.05 bits per heavy atom. The normalized spacial score (nSPS) is 13.9. The van der Waals surface area contributed by atoms with Crippen molar-refractivity contribution in [2.75, 3.05) is 7.05 Å². The maximum atomic E-state index is 13.3. The average Bonchev–Trinajstić information content (AvgIpc) is 3.46. The van der Waals surface area contributed by atoms with E-state index in [1.54, 1.807) is 13.2 Å². The van der Waals surface area contributed by atoms with Crippen molar-refractivity contribution in [1.29, 1.82) is 0 Å². The summed E-state index contributed by atoms with van der Waals surface area (Å²) in [6.07, 6.45) is 5.45. The Hall–Kier alpha value is -3.57. The number of carbonyl (C=O) groups excluding carboxylic acids is 2. The molecule has 0 saturated heterocycles. The number of imidazole rings is 1. The van der Waals surface area contributed by atoms with Crippen molar-refractivity contribution >= 4 is 50.7 Å². The fraction of sp³-hybridized carbons (Fsp3) is 0.172. The van der Waals surface area contributed by atoms with E-state index in [0.717, 1.165) is 43.7 Å². The molecular weight excluding hydrogens is 609 g/mol. The number of nitrogens with one attached hydrogen (secondary N) is 2. The molecule has 38 heavy (non-hydrogen) atoms. The highest BCUT2D eigenvalue weighted by Gasteiger charge is 2.47. The molecule has 0 spiro atoms. The molecule has 9 heteroatoms. The van der Waals surface area contributed by atoms with E-state index in [-0.39, 0.29) is 17.4 Å². The Morgan fingerprint density at radius 3 is 2.53 bits per heavy atom. The second-order valence-corrected chi connectivity index (χ2v) is 11.7. The van der Waals surface area contributed by atoms with Crippen LogP contribution in [-0.4, -0.2) is 33.2 Å². The van der Waals surface area contributed by atoms with Crippen molar-refractivity contribution in [2.45, 2.75) is 25.3 Å². The minimum absolute atomic E-state index is 0.122.